The smallest absolute Gasteiger partial charge is 0.338 e. The molecule has 0 unspecified atom stereocenters. The molecule has 3 aliphatic heterocycles. The number of anilines is 1. The van der Waals surface area contributed by atoms with Gasteiger partial charge in [-0.1, -0.05) is 78.9 Å². The predicted molar refractivity (Wildman–Crippen MR) is 141 cm³/mol. The van der Waals surface area contributed by atoms with E-state index in [9.17, 15) is 9.59 Å². The van der Waals surface area contributed by atoms with Gasteiger partial charge in [0, 0.05) is 30.0 Å². The molecule has 2 atom stereocenters. The van der Waals surface area contributed by atoms with Gasteiger partial charge < -0.3 is 14.5 Å². The molecule has 36 heavy (non-hydrogen) atoms. The van der Waals surface area contributed by atoms with E-state index in [4.69, 9.17) is 4.74 Å². The van der Waals surface area contributed by atoms with Gasteiger partial charge in [-0.3, -0.25) is 4.79 Å². The fraction of sp³-hybridized carbons (Fsp3) is 0.290. The van der Waals surface area contributed by atoms with Crippen LogP contribution in [0.2, 0.25) is 0 Å². The summed E-state index contributed by atoms with van der Waals surface area (Å²) in [6.07, 6.45) is 5.83. The number of hydrogen-bond acceptors (Lipinski definition) is 4. The first-order chi connectivity index (χ1) is 17.6. The van der Waals surface area contributed by atoms with Crippen molar-refractivity contribution in [2.24, 2.45) is 11.8 Å². The minimum Gasteiger partial charge on any atom is -0.433 e. The molecule has 3 aromatic carbocycles. The van der Waals surface area contributed by atoms with Crippen molar-refractivity contribution in [3.8, 4) is 0 Å². The Kier molecular flexibility index (Phi) is 7.28. The van der Waals surface area contributed by atoms with Crippen LogP contribution in [-0.4, -0.2) is 42.4 Å². The Morgan fingerprint density at radius 1 is 0.889 bits per heavy atom. The van der Waals surface area contributed by atoms with Crippen molar-refractivity contribution in [1.29, 1.82) is 0 Å². The molecule has 6 rings (SSSR count). The van der Waals surface area contributed by atoms with Gasteiger partial charge in [-0.15, -0.1) is 0 Å². The predicted octanol–water partition coefficient (Wildman–Crippen LogP) is 5.64. The van der Waals surface area contributed by atoms with Crippen LogP contribution in [0.5, 0.6) is 0 Å². The van der Waals surface area contributed by atoms with E-state index in [1.54, 1.807) is 6.26 Å². The van der Waals surface area contributed by atoms with E-state index in [1.807, 2.05) is 97.1 Å². The number of nitrogens with zero attached hydrogens (tertiary/aromatic N) is 1. The lowest BCUT2D eigenvalue weighted by Gasteiger charge is -2.51. The van der Waals surface area contributed by atoms with Crippen LogP contribution in [0.25, 0.3) is 0 Å². The first-order valence-corrected chi connectivity index (χ1v) is 12.8. The number of para-hydroxylation sites is 1. The maximum absolute atomic E-state index is 13.1. The van der Waals surface area contributed by atoms with E-state index in [-0.39, 0.29) is 11.8 Å². The van der Waals surface area contributed by atoms with Gasteiger partial charge in [-0.05, 0) is 29.7 Å². The highest BCUT2D eigenvalue weighted by atomic mass is 16.5. The molecule has 3 fully saturated rings. The second-order valence-corrected chi connectivity index (χ2v) is 10.0. The number of rotatable bonds is 9. The highest BCUT2D eigenvalue weighted by molar-refractivity contribution is 5.97. The number of ketones is 1. The largest absolute Gasteiger partial charge is 0.433 e. The number of carbonyl (C=O) groups excluding carboxylic acids is 2. The number of esters is 1. The molecule has 3 saturated heterocycles. The standard InChI is InChI=1S/C31H33N2O3/c34-29(25-10-4-1-5-11-25)23-33-19-16-24(17-20-33)27(22-33)18-21-36-31(35)30(26-12-6-2-7-13-26)32-28-14-8-3-9-15-28/h1-15,18,21,24,27,30,32H,16-17,19-20,22-23H2/q+1/b21-18+/t24?,27-,30+,33?/m0/s1. The number of benzene rings is 3. The molecule has 184 valence electrons. The van der Waals surface area contributed by atoms with Gasteiger partial charge in [0.15, 0.2) is 6.04 Å². The van der Waals surface area contributed by atoms with Crippen molar-refractivity contribution in [2.75, 3.05) is 31.5 Å². The monoisotopic (exact) mass is 481 g/mol. The number of carbonyl (C=O) groups is 2. The fourth-order valence-electron chi connectivity index (χ4n) is 5.70. The van der Waals surface area contributed by atoms with Gasteiger partial charge in [0.05, 0.1) is 25.9 Å². The van der Waals surface area contributed by atoms with Crippen LogP contribution < -0.4 is 5.32 Å². The Bertz CT molecular complexity index is 1190. The molecule has 3 aromatic rings. The van der Waals surface area contributed by atoms with E-state index in [0.29, 0.717) is 18.4 Å². The van der Waals surface area contributed by atoms with Gasteiger partial charge in [0.1, 0.15) is 6.54 Å². The first kappa shape index (κ1) is 24.0. The summed E-state index contributed by atoms with van der Waals surface area (Å²) in [5, 5.41) is 3.30. The Morgan fingerprint density at radius 3 is 2.17 bits per heavy atom. The molecular formula is C31H33N2O3+. The Morgan fingerprint density at radius 2 is 1.50 bits per heavy atom. The van der Waals surface area contributed by atoms with Crippen molar-refractivity contribution < 1.29 is 18.8 Å². The van der Waals surface area contributed by atoms with Gasteiger partial charge in [0.25, 0.3) is 0 Å². The SMILES string of the molecule is O=C(C[N+]12CCC(CC1)[C@@H](/C=C/OC(=O)[C@H](Nc1ccccc1)c1ccccc1)C2)c1ccccc1. The molecule has 0 aliphatic carbocycles. The molecule has 3 heterocycles. The van der Waals surface area contributed by atoms with Crippen LogP contribution in [0.3, 0.4) is 0 Å². The van der Waals surface area contributed by atoms with E-state index in [2.05, 4.69) is 5.32 Å². The zero-order valence-corrected chi connectivity index (χ0v) is 20.5. The average molecular weight is 482 g/mol. The van der Waals surface area contributed by atoms with Gasteiger partial charge >= 0.3 is 5.97 Å². The normalized spacial score (nSPS) is 23.8. The maximum Gasteiger partial charge on any atom is 0.338 e. The lowest BCUT2D eigenvalue weighted by Crippen LogP contribution is -2.63. The van der Waals surface area contributed by atoms with Crippen molar-refractivity contribution in [3.63, 3.8) is 0 Å². The third-order valence-corrected chi connectivity index (χ3v) is 7.69. The maximum atomic E-state index is 13.1. The number of quaternary nitrogens is 1. The topological polar surface area (TPSA) is 55.4 Å². The van der Waals surface area contributed by atoms with Crippen LogP contribution in [0.4, 0.5) is 5.69 Å². The highest BCUT2D eigenvalue weighted by Gasteiger charge is 2.46. The minimum absolute atomic E-state index is 0.211. The molecule has 5 heteroatoms. The molecule has 0 spiro atoms. The van der Waals surface area contributed by atoms with Crippen LogP contribution in [0, 0.1) is 11.8 Å². The quantitative estimate of drug-likeness (QED) is 0.186. The molecule has 3 aliphatic rings. The van der Waals surface area contributed by atoms with Crippen LogP contribution >= 0.6 is 0 Å². The lowest BCUT2D eigenvalue weighted by atomic mass is 9.77. The third-order valence-electron chi connectivity index (χ3n) is 7.69. The summed E-state index contributed by atoms with van der Waals surface area (Å²) in [4.78, 5) is 26.1. The summed E-state index contributed by atoms with van der Waals surface area (Å²) >= 11 is 0. The second kappa shape index (κ2) is 10.9. The molecule has 0 amide bonds. The van der Waals surface area contributed by atoms with Crippen molar-refractivity contribution in [1.82, 2.24) is 0 Å². The van der Waals surface area contributed by atoms with Crippen molar-refractivity contribution in [2.45, 2.75) is 18.9 Å². The number of fused-ring (bicyclic) bond motifs is 3. The van der Waals surface area contributed by atoms with Crippen LogP contribution in [0.1, 0.15) is 34.8 Å². The average Bonchev–Trinajstić information content (AvgIpc) is 2.93. The van der Waals surface area contributed by atoms with E-state index >= 15 is 0 Å². The highest BCUT2D eigenvalue weighted by Crippen LogP contribution is 2.38. The minimum atomic E-state index is -0.605. The molecule has 0 saturated carbocycles. The van der Waals surface area contributed by atoms with Gasteiger partial charge in [-0.25, -0.2) is 4.79 Å². The zero-order valence-electron chi connectivity index (χ0n) is 20.5. The van der Waals surface area contributed by atoms with Crippen LogP contribution in [0.15, 0.2) is 103 Å². The summed E-state index contributed by atoms with van der Waals surface area (Å²) < 4.78 is 6.50. The Labute approximate surface area is 213 Å². The number of ether oxygens (including phenoxy) is 1. The van der Waals surface area contributed by atoms with E-state index in [1.165, 1.54) is 0 Å². The molecule has 0 radical (unpaired) electrons. The second-order valence-electron chi connectivity index (χ2n) is 10.0. The Hall–Kier alpha value is -3.70. The van der Waals surface area contributed by atoms with Gasteiger partial charge in [-0.2, -0.15) is 0 Å². The number of nitrogens with one attached hydrogen (secondary N) is 1. The molecule has 0 aromatic heterocycles. The lowest BCUT2D eigenvalue weighted by molar-refractivity contribution is -0.938. The van der Waals surface area contributed by atoms with Crippen molar-refractivity contribution >= 4 is 17.4 Å². The van der Waals surface area contributed by atoms with Crippen LogP contribution in [-0.2, 0) is 9.53 Å². The number of Topliss-reactive ketones (excluding diaryl/α,β-unsaturated/α-hetero) is 1. The summed E-state index contributed by atoms with van der Waals surface area (Å²) in [6, 6.07) is 28.3. The summed E-state index contributed by atoms with van der Waals surface area (Å²) in [7, 11) is 0. The molecule has 5 nitrogen and oxygen atoms in total. The number of hydrogen-bond donors (Lipinski definition) is 1. The molecular weight excluding hydrogens is 448 g/mol. The fourth-order valence-corrected chi connectivity index (χ4v) is 5.70. The molecule has 1 N–H and O–H groups in total. The van der Waals surface area contributed by atoms with Gasteiger partial charge in [0.2, 0.25) is 5.78 Å². The van der Waals surface area contributed by atoms with Crippen molar-refractivity contribution in [3.05, 3.63) is 114 Å². The summed E-state index contributed by atoms with van der Waals surface area (Å²) in [6.45, 7) is 3.55. The van der Waals surface area contributed by atoms with E-state index < -0.39 is 6.04 Å². The van der Waals surface area contributed by atoms with E-state index in [0.717, 1.165) is 53.8 Å². The summed E-state index contributed by atoms with van der Waals surface area (Å²) in [5.74, 6) is 0.758. The third kappa shape index (κ3) is 5.58. The molecule has 2 bridgehead atoms. The zero-order chi connectivity index (χ0) is 24.8. The first-order valence-electron chi connectivity index (χ1n) is 12.8. The number of piperidine rings is 3. The summed E-state index contributed by atoms with van der Waals surface area (Å²) in [5.41, 5.74) is 2.50. The Balaban J connectivity index is 1.24.